The van der Waals surface area contributed by atoms with Crippen molar-refractivity contribution in [1.82, 2.24) is 14.7 Å². The molecular formula is C10H16N4O2S. The third kappa shape index (κ3) is 2.73. The van der Waals surface area contributed by atoms with Gasteiger partial charge in [-0.2, -0.15) is 0 Å². The van der Waals surface area contributed by atoms with E-state index in [0.717, 1.165) is 12.8 Å². The Morgan fingerprint density at radius 1 is 1.41 bits per heavy atom. The van der Waals surface area contributed by atoms with E-state index in [1.807, 2.05) is 0 Å². The summed E-state index contributed by atoms with van der Waals surface area (Å²) in [4.78, 5) is 7.39. The van der Waals surface area contributed by atoms with Crippen LogP contribution in [0.2, 0.25) is 0 Å². The number of nitrogens with two attached hydrogens (primary N) is 1. The molecule has 1 fully saturated rings. The zero-order valence-electron chi connectivity index (χ0n) is 9.68. The van der Waals surface area contributed by atoms with Gasteiger partial charge in [0.15, 0.2) is 0 Å². The molecule has 6 nitrogen and oxygen atoms in total. The van der Waals surface area contributed by atoms with Gasteiger partial charge in [-0.15, -0.1) is 0 Å². The summed E-state index contributed by atoms with van der Waals surface area (Å²) in [7, 11) is -3.52. The first-order chi connectivity index (χ1) is 7.91. The van der Waals surface area contributed by atoms with Crippen LogP contribution in [0.4, 0.5) is 5.95 Å². The van der Waals surface area contributed by atoms with Crippen LogP contribution >= 0.6 is 0 Å². The fraction of sp³-hybridized carbons (Fsp3) is 0.600. The van der Waals surface area contributed by atoms with Gasteiger partial charge in [-0.3, -0.25) is 0 Å². The van der Waals surface area contributed by atoms with Crippen LogP contribution in [0.5, 0.6) is 0 Å². The van der Waals surface area contributed by atoms with E-state index < -0.39 is 10.0 Å². The minimum atomic E-state index is -3.52. The van der Waals surface area contributed by atoms with Crippen molar-refractivity contribution >= 4 is 16.0 Å². The number of anilines is 1. The van der Waals surface area contributed by atoms with Crippen LogP contribution in [-0.2, 0) is 10.0 Å². The van der Waals surface area contributed by atoms with Gasteiger partial charge in [0.1, 0.15) is 4.90 Å². The van der Waals surface area contributed by atoms with E-state index in [2.05, 4.69) is 21.6 Å². The van der Waals surface area contributed by atoms with Gasteiger partial charge in [0.2, 0.25) is 16.0 Å². The minimum Gasteiger partial charge on any atom is -0.368 e. The second-order valence-electron chi connectivity index (χ2n) is 4.77. The van der Waals surface area contributed by atoms with Crippen molar-refractivity contribution in [1.29, 1.82) is 0 Å². The molecule has 0 saturated heterocycles. The fourth-order valence-corrected chi connectivity index (χ4v) is 2.86. The molecule has 0 unspecified atom stereocenters. The summed E-state index contributed by atoms with van der Waals surface area (Å²) < 4.78 is 26.4. The summed E-state index contributed by atoms with van der Waals surface area (Å²) in [5, 5.41) is 0. The number of nitrogens with zero attached hydrogens (tertiary/aromatic N) is 2. The molecule has 0 atom stereocenters. The standard InChI is InChI=1S/C10H16N4O2S/c1-10(3-2-4-10)7-14-17(15,16)8-5-12-9(11)13-6-8/h5-6,14H,2-4,7H2,1H3,(H2,11,12,13). The van der Waals surface area contributed by atoms with Crippen molar-refractivity contribution in [3.8, 4) is 0 Å². The Morgan fingerprint density at radius 3 is 2.47 bits per heavy atom. The number of rotatable bonds is 4. The lowest BCUT2D eigenvalue weighted by Crippen LogP contribution is -2.39. The highest BCUT2D eigenvalue weighted by molar-refractivity contribution is 7.89. The lowest BCUT2D eigenvalue weighted by Gasteiger charge is -2.38. The molecule has 0 radical (unpaired) electrons. The normalized spacial score (nSPS) is 18.6. The lowest BCUT2D eigenvalue weighted by atomic mass is 9.71. The zero-order chi connectivity index (χ0) is 12.5. The van der Waals surface area contributed by atoms with Crippen molar-refractivity contribution in [2.24, 2.45) is 5.41 Å². The predicted octanol–water partition coefficient (Wildman–Crippen LogP) is 0.527. The molecule has 1 aromatic heterocycles. The summed E-state index contributed by atoms with van der Waals surface area (Å²) in [6.07, 6.45) is 5.73. The van der Waals surface area contributed by atoms with Crippen LogP contribution < -0.4 is 10.5 Å². The van der Waals surface area contributed by atoms with Crippen LogP contribution in [0.1, 0.15) is 26.2 Å². The maximum atomic E-state index is 11.9. The molecule has 1 aromatic rings. The number of nitrogens with one attached hydrogen (secondary N) is 1. The van der Waals surface area contributed by atoms with Crippen molar-refractivity contribution < 1.29 is 8.42 Å². The zero-order valence-corrected chi connectivity index (χ0v) is 10.5. The summed E-state index contributed by atoms with van der Waals surface area (Å²) in [6.45, 7) is 2.54. The van der Waals surface area contributed by atoms with E-state index in [-0.39, 0.29) is 16.3 Å². The molecule has 0 amide bonds. The Balaban J connectivity index is 2.06. The number of hydrogen-bond donors (Lipinski definition) is 2. The highest BCUT2D eigenvalue weighted by atomic mass is 32.2. The molecule has 1 aliphatic rings. The van der Waals surface area contributed by atoms with Gasteiger partial charge in [0, 0.05) is 6.54 Å². The summed E-state index contributed by atoms with van der Waals surface area (Å²) in [5.74, 6) is 0.0647. The molecule has 3 N–H and O–H groups in total. The Morgan fingerprint density at radius 2 is 2.00 bits per heavy atom. The number of sulfonamides is 1. The van der Waals surface area contributed by atoms with Crippen molar-refractivity contribution in [2.75, 3.05) is 12.3 Å². The maximum absolute atomic E-state index is 11.9. The van der Waals surface area contributed by atoms with E-state index in [9.17, 15) is 8.42 Å². The molecule has 1 heterocycles. The van der Waals surface area contributed by atoms with Gasteiger partial charge >= 0.3 is 0 Å². The Labute approximate surface area is 101 Å². The van der Waals surface area contributed by atoms with E-state index >= 15 is 0 Å². The minimum absolute atomic E-state index is 0.0506. The van der Waals surface area contributed by atoms with E-state index in [0.29, 0.717) is 6.54 Å². The largest absolute Gasteiger partial charge is 0.368 e. The SMILES string of the molecule is CC1(CNS(=O)(=O)c2cnc(N)nc2)CCC1. The average Bonchev–Trinajstić information content (AvgIpc) is 2.24. The van der Waals surface area contributed by atoms with Crippen LogP contribution in [-0.4, -0.2) is 24.9 Å². The fourth-order valence-electron chi connectivity index (χ4n) is 1.77. The first-order valence-corrected chi connectivity index (χ1v) is 6.97. The lowest BCUT2D eigenvalue weighted by molar-refractivity contribution is 0.166. The molecule has 2 rings (SSSR count). The topological polar surface area (TPSA) is 98.0 Å². The van der Waals surface area contributed by atoms with E-state index in [1.165, 1.54) is 18.8 Å². The first kappa shape index (κ1) is 12.3. The predicted molar refractivity (Wildman–Crippen MR) is 63.6 cm³/mol. The molecule has 0 aliphatic heterocycles. The van der Waals surface area contributed by atoms with Gasteiger partial charge in [-0.25, -0.2) is 23.1 Å². The Bertz CT molecular complexity index is 494. The molecular weight excluding hydrogens is 240 g/mol. The van der Waals surface area contributed by atoms with Gasteiger partial charge < -0.3 is 5.73 Å². The quantitative estimate of drug-likeness (QED) is 0.818. The molecule has 1 aliphatic carbocycles. The highest BCUT2D eigenvalue weighted by Gasteiger charge is 2.33. The van der Waals surface area contributed by atoms with Gasteiger partial charge in [0.05, 0.1) is 12.4 Å². The Kier molecular flexibility index (Phi) is 3.05. The summed E-state index contributed by atoms with van der Waals surface area (Å²) >= 11 is 0. The molecule has 0 spiro atoms. The van der Waals surface area contributed by atoms with Gasteiger partial charge in [0.25, 0.3) is 0 Å². The summed E-state index contributed by atoms with van der Waals surface area (Å²) in [5.41, 5.74) is 5.41. The van der Waals surface area contributed by atoms with Crippen LogP contribution in [0.25, 0.3) is 0 Å². The van der Waals surface area contributed by atoms with Crippen LogP contribution in [0, 0.1) is 5.41 Å². The molecule has 1 saturated carbocycles. The summed E-state index contributed by atoms with van der Waals surface area (Å²) in [6, 6.07) is 0. The molecule has 0 aromatic carbocycles. The first-order valence-electron chi connectivity index (χ1n) is 5.49. The Hall–Kier alpha value is -1.21. The van der Waals surface area contributed by atoms with Crippen molar-refractivity contribution in [3.63, 3.8) is 0 Å². The molecule has 94 valence electrons. The third-order valence-electron chi connectivity index (χ3n) is 3.21. The molecule has 7 heteroatoms. The van der Waals surface area contributed by atoms with Crippen molar-refractivity contribution in [3.05, 3.63) is 12.4 Å². The molecule has 0 bridgehead atoms. The number of nitrogen functional groups attached to an aromatic ring is 1. The maximum Gasteiger partial charge on any atom is 0.243 e. The van der Waals surface area contributed by atoms with E-state index in [1.54, 1.807) is 0 Å². The third-order valence-corrected chi connectivity index (χ3v) is 4.56. The molecule has 17 heavy (non-hydrogen) atoms. The van der Waals surface area contributed by atoms with Crippen LogP contribution in [0.15, 0.2) is 17.3 Å². The smallest absolute Gasteiger partial charge is 0.243 e. The van der Waals surface area contributed by atoms with E-state index in [4.69, 9.17) is 5.73 Å². The highest BCUT2D eigenvalue weighted by Crippen LogP contribution is 2.39. The number of aromatic nitrogens is 2. The monoisotopic (exact) mass is 256 g/mol. The second-order valence-corrected chi connectivity index (χ2v) is 6.53. The second kappa shape index (κ2) is 4.23. The average molecular weight is 256 g/mol. The van der Waals surface area contributed by atoms with Crippen molar-refractivity contribution in [2.45, 2.75) is 31.1 Å². The number of hydrogen-bond acceptors (Lipinski definition) is 5. The van der Waals surface area contributed by atoms with Crippen LogP contribution in [0.3, 0.4) is 0 Å². The van der Waals surface area contributed by atoms with Gasteiger partial charge in [-0.1, -0.05) is 13.3 Å². The van der Waals surface area contributed by atoms with Gasteiger partial charge in [-0.05, 0) is 18.3 Å².